The summed E-state index contributed by atoms with van der Waals surface area (Å²) in [5.41, 5.74) is -0.605. The largest absolute Gasteiger partial charge is 0.394 e. The normalized spacial score (nSPS) is 11.2. The molecule has 0 aliphatic heterocycles. The molecule has 0 fully saturated rings. The number of aliphatic hydroxyl groups excluding tert-OH is 1. The van der Waals surface area contributed by atoms with Crippen molar-refractivity contribution in [2.24, 2.45) is 0 Å². The summed E-state index contributed by atoms with van der Waals surface area (Å²) < 4.78 is 0. The molecule has 0 aromatic carbocycles. The zero-order valence-electron chi connectivity index (χ0n) is 8.63. The monoisotopic (exact) mass is 187 g/mol. The zero-order chi connectivity index (χ0) is 10.6. The molecule has 0 radical (unpaired) electrons. The van der Waals surface area contributed by atoms with Crippen molar-refractivity contribution >= 4 is 11.7 Å². The van der Waals surface area contributed by atoms with Crippen LogP contribution in [0.1, 0.15) is 27.2 Å². The van der Waals surface area contributed by atoms with Gasteiger partial charge in [-0.05, 0) is 20.8 Å². The number of amides is 1. The summed E-state index contributed by atoms with van der Waals surface area (Å²) >= 11 is 0. The van der Waals surface area contributed by atoms with Crippen molar-refractivity contribution in [3.05, 3.63) is 0 Å². The molecule has 0 bridgehead atoms. The summed E-state index contributed by atoms with van der Waals surface area (Å²) in [7, 11) is 1.58. The number of hydrogen-bond donors (Lipinski definition) is 1. The van der Waals surface area contributed by atoms with Crippen molar-refractivity contribution in [1.29, 1.82) is 0 Å². The van der Waals surface area contributed by atoms with Gasteiger partial charge in [-0.25, -0.2) is 0 Å². The molecule has 1 N–H and O–H groups in total. The van der Waals surface area contributed by atoms with E-state index in [2.05, 4.69) is 0 Å². The second-order valence-electron chi connectivity index (χ2n) is 3.80. The van der Waals surface area contributed by atoms with Gasteiger partial charge in [-0.3, -0.25) is 9.59 Å². The number of rotatable bonds is 4. The number of likely N-dealkylation sites (N-methyl/N-ethyl adjacent to an activating group) is 1. The van der Waals surface area contributed by atoms with Gasteiger partial charge in [-0.15, -0.1) is 0 Å². The zero-order valence-corrected chi connectivity index (χ0v) is 8.63. The summed E-state index contributed by atoms with van der Waals surface area (Å²) in [6.45, 7) is 4.74. The minimum atomic E-state index is -0.605. The van der Waals surface area contributed by atoms with E-state index in [4.69, 9.17) is 5.11 Å². The van der Waals surface area contributed by atoms with Crippen LogP contribution in [-0.2, 0) is 9.59 Å². The van der Waals surface area contributed by atoms with E-state index in [1.165, 1.54) is 11.8 Å². The maximum Gasteiger partial charge on any atom is 0.230 e. The maximum atomic E-state index is 11.4. The number of Topliss-reactive ketones (excluding diaryl/α,β-unsaturated/α-hetero) is 1. The molecule has 0 saturated carbocycles. The van der Waals surface area contributed by atoms with Crippen LogP contribution in [0.15, 0.2) is 0 Å². The van der Waals surface area contributed by atoms with E-state index >= 15 is 0 Å². The lowest BCUT2D eigenvalue weighted by molar-refractivity contribution is -0.138. The van der Waals surface area contributed by atoms with Gasteiger partial charge >= 0.3 is 0 Å². The molecule has 0 heterocycles. The van der Waals surface area contributed by atoms with E-state index in [1.54, 1.807) is 20.9 Å². The highest BCUT2D eigenvalue weighted by Crippen LogP contribution is 2.12. The molecule has 0 rings (SSSR count). The Morgan fingerprint density at radius 3 is 2.15 bits per heavy atom. The molecule has 13 heavy (non-hydrogen) atoms. The number of ketones is 1. The summed E-state index contributed by atoms with van der Waals surface area (Å²) in [4.78, 5) is 23.4. The Bertz CT molecular complexity index is 211. The van der Waals surface area contributed by atoms with Crippen molar-refractivity contribution in [2.75, 3.05) is 13.7 Å². The molecule has 0 saturated heterocycles. The van der Waals surface area contributed by atoms with Crippen molar-refractivity contribution < 1.29 is 14.7 Å². The molecule has 1 amide bonds. The molecule has 0 aromatic heterocycles. The van der Waals surface area contributed by atoms with Crippen LogP contribution in [0.25, 0.3) is 0 Å². The summed E-state index contributed by atoms with van der Waals surface area (Å²) in [6.07, 6.45) is -0.0973. The molecule has 4 heteroatoms. The van der Waals surface area contributed by atoms with E-state index in [0.29, 0.717) is 0 Å². The first-order valence-electron chi connectivity index (χ1n) is 4.18. The molecule has 4 nitrogen and oxygen atoms in total. The lowest BCUT2D eigenvalue weighted by Crippen LogP contribution is -2.48. The van der Waals surface area contributed by atoms with Crippen molar-refractivity contribution in [2.45, 2.75) is 32.7 Å². The van der Waals surface area contributed by atoms with E-state index in [9.17, 15) is 9.59 Å². The van der Waals surface area contributed by atoms with Gasteiger partial charge in [0.15, 0.2) is 0 Å². The fraction of sp³-hybridized carbons (Fsp3) is 0.778. The second-order valence-corrected chi connectivity index (χ2v) is 3.80. The standard InChI is InChI=1S/C9H17NO3/c1-7(12)5-8(13)10(4)9(2,3)6-11/h11H,5-6H2,1-4H3. The molecular weight excluding hydrogens is 170 g/mol. The van der Waals surface area contributed by atoms with Gasteiger partial charge < -0.3 is 10.0 Å². The van der Waals surface area contributed by atoms with Crippen LogP contribution in [-0.4, -0.2) is 40.9 Å². The Morgan fingerprint density at radius 2 is 1.85 bits per heavy atom. The summed E-state index contributed by atoms with van der Waals surface area (Å²) in [5, 5.41) is 8.97. The van der Waals surface area contributed by atoms with Crippen molar-refractivity contribution in [3.8, 4) is 0 Å². The Kier molecular flexibility index (Phi) is 4.07. The molecule has 0 spiro atoms. The van der Waals surface area contributed by atoms with Crippen LogP contribution in [0.2, 0.25) is 0 Å². The Balaban J connectivity index is 4.33. The van der Waals surface area contributed by atoms with Gasteiger partial charge in [0.05, 0.1) is 18.6 Å². The van der Waals surface area contributed by atoms with Crippen molar-refractivity contribution in [1.82, 2.24) is 4.90 Å². The Morgan fingerprint density at radius 1 is 1.38 bits per heavy atom. The predicted octanol–water partition coefficient (Wildman–Crippen LogP) is 0.195. The summed E-state index contributed by atoms with van der Waals surface area (Å²) in [6, 6.07) is 0. The number of nitrogens with zero attached hydrogens (tertiary/aromatic N) is 1. The number of hydrogen-bond acceptors (Lipinski definition) is 3. The molecule has 76 valence electrons. The minimum absolute atomic E-state index is 0.0973. The lowest BCUT2D eigenvalue weighted by atomic mass is 10.0. The quantitative estimate of drug-likeness (QED) is 0.639. The average molecular weight is 187 g/mol. The van der Waals surface area contributed by atoms with E-state index in [0.717, 1.165) is 0 Å². The first kappa shape index (κ1) is 12.1. The third-order valence-corrected chi connectivity index (χ3v) is 2.07. The third-order valence-electron chi connectivity index (χ3n) is 2.07. The fourth-order valence-electron chi connectivity index (χ4n) is 0.775. The topological polar surface area (TPSA) is 57.6 Å². The highest BCUT2D eigenvalue weighted by Gasteiger charge is 2.26. The van der Waals surface area contributed by atoms with Gasteiger partial charge in [0.25, 0.3) is 0 Å². The first-order chi connectivity index (χ1) is 5.81. The number of carbonyl (C=O) groups excluding carboxylic acids is 2. The van der Waals surface area contributed by atoms with Crippen LogP contribution in [0, 0.1) is 0 Å². The number of carbonyl (C=O) groups is 2. The van der Waals surface area contributed by atoms with E-state index in [-0.39, 0.29) is 24.7 Å². The van der Waals surface area contributed by atoms with Gasteiger partial charge in [-0.2, -0.15) is 0 Å². The molecular formula is C9H17NO3. The first-order valence-corrected chi connectivity index (χ1v) is 4.18. The number of aliphatic hydroxyl groups is 1. The van der Waals surface area contributed by atoms with Gasteiger partial charge in [0.2, 0.25) is 5.91 Å². The Labute approximate surface area is 78.5 Å². The SMILES string of the molecule is CC(=O)CC(=O)N(C)C(C)(C)CO. The molecule has 0 atom stereocenters. The fourth-order valence-corrected chi connectivity index (χ4v) is 0.775. The minimum Gasteiger partial charge on any atom is -0.394 e. The average Bonchev–Trinajstić information content (AvgIpc) is 2.01. The van der Waals surface area contributed by atoms with Crippen LogP contribution in [0.3, 0.4) is 0 Å². The smallest absolute Gasteiger partial charge is 0.230 e. The van der Waals surface area contributed by atoms with Gasteiger partial charge in [0.1, 0.15) is 5.78 Å². The third kappa shape index (κ3) is 3.55. The van der Waals surface area contributed by atoms with Gasteiger partial charge in [0, 0.05) is 7.05 Å². The second kappa shape index (κ2) is 4.37. The molecule has 0 aromatic rings. The maximum absolute atomic E-state index is 11.4. The predicted molar refractivity (Wildman–Crippen MR) is 49.2 cm³/mol. The highest BCUT2D eigenvalue weighted by molar-refractivity contribution is 5.96. The lowest BCUT2D eigenvalue weighted by Gasteiger charge is -2.33. The van der Waals surface area contributed by atoms with E-state index < -0.39 is 5.54 Å². The molecule has 0 unspecified atom stereocenters. The van der Waals surface area contributed by atoms with Crippen molar-refractivity contribution in [3.63, 3.8) is 0 Å². The van der Waals surface area contributed by atoms with Crippen LogP contribution in [0.4, 0.5) is 0 Å². The summed E-state index contributed by atoms with van der Waals surface area (Å²) in [5.74, 6) is -0.419. The van der Waals surface area contributed by atoms with E-state index in [1.807, 2.05) is 0 Å². The van der Waals surface area contributed by atoms with Crippen LogP contribution in [0.5, 0.6) is 0 Å². The Hall–Kier alpha value is -0.900. The molecule has 0 aliphatic rings. The highest BCUT2D eigenvalue weighted by atomic mass is 16.3. The van der Waals surface area contributed by atoms with Crippen LogP contribution < -0.4 is 0 Å². The van der Waals surface area contributed by atoms with Crippen LogP contribution >= 0.6 is 0 Å². The van der Waals surface area contributed by atoms with Gasteiger partial charge in [-0.1, -0.05) is 0 Å². The molecule has 0 aliphatic carbocycles.